The Kier molecular flexibility index (Phi) is 2.99. The van der Waals surface area contributed by atoms with Crippen molar-refractivity contribution in [1.82, 2.24) is 10.1 Å². The molecule has 2 rings (SSSR count). The van der Waals surface area contributed by atoms with E-state index in [1.165, 1.54) is 0 Å². The third-order valence-electron chi connectivity index (χ3n) is 3.14. The van der Waals surface area contributed by atoms with Crippen molar-refractivity contribution in [3.05, 3.63) is 11.7 Å². The minimum atomic E-state index is -0.390. The fraction of sp³-hybridized carbons (Fsp3) is 0.818. The highest BCUT2D eigenvalue weighted by Gasteiger charge is 2.37. The van der Waals surface area contributed by atoms with E-state index in [4.69, 9.17) is 15.0 Å². The van der Waals surface area contributed by atoms with E-state index in [-0.39, 0.29) is 12.0 Å². The molecule has 0 saturated carbocycles. The zero-order valence-electron chi connectivity index (χ0n) is 10.1. The van der Waals surface area contributed by atoms with Gasteiger partial charge in [0.1, 0.15) is 5.60 Å². The molecule has 90 valence electrons. The molecule has 16 heavy (non-hydrogen) atoms. The van der Waals surface area contributed by atoms with E-state index in [0.717, 1.165) is 19.4 Å². The van der Waals surface area contributed by atoms with Crippen molar-refractivity contribution in [2.45, 2.75) is 45.3 Å². The molecule has 2 N–H and O–H groups in total. The molecule has 2 heterocycles. The summed E-state index contributed by atoms with van der Waals surface area (Å²) >= 11 is 0. The monoisotopic (exact) mass is 225 g/mol. The molecule has 0 aromatic carbocycles. The van der Waals surface area contributed by atoms with Crippen molar-refractivity contribution >= 4 is 0 Å². The molecule has 1 fully saturated rings. The van der Waals surface area contributed by atoms with Crippen LogP contribution < -0.4 is 5.73 Å². The molecule has 0 radical (unpaired) electrons. The van der Waals surface area contributed by atoms with Crippen LogP contribution in [0.1, 0.15) is 51.4 Å². The van der Waals surface area contributed by atoms with Gasteiger partial charge in [0.2, 0.25) is 11.7 Å². The van der Waals surface area contributed by atoms with Crippen LogP contribution in [-0.4, -0.2) is 16.7 Å². The van der Waals surface area contributed by atoms with Crippen molar-refractivity contribution in [1.29, 1.82) is 0 Å². The lowest BCUT2D eigenvalue weighted by atomic mass is 10.0. The van der Waals surface area contributed by atoms with Crippen LogP contribution >= 0.6 is 0 Å². The molecule has 0 bridgehead atoms. The van der Waals surface area contributed by atoms with Gasteiger partial charge in [-0.3, -0.25) is 0 Å². The Hall–Kier alpha value is -0.940. The van der Waals surface area contributed by atoms with Crippen LogP contribution in [0.3, 0.4) is 0 Å². The van der Waals surface area contributed by atoms with Gasteiger partial charge in [-0.15, -0.1) is 0 Å². The minimum absolute atomic E-state index is 0.203. The quantitative estimate of drug-likeness (QED) is 0.848. The number of hydrogen-bond acceptors (Lipinski definition) is 5. The Morgan fingerprint density at radius 3 is 2.75 bits per heavy atom. The summed E-state index contributed by atoms with van der Waals surface area (Å²) in [4.78, 5) is 4.36. The highest BCUT2D eigenvalue weighted by atomic mass is 16.5. The molecule has 2 atom stereocenters. The molecule has 0 spiro atoms. The maximum Gasteiger partial charge on any atom is 0.243 e. The van der Waals surface area contributed by atoms with Crippen LogP contribution in [0.5, 0.6) is 0 Å². The maximum absolute atomic E-state index is 5.96. The fourth-order valence-corrected chi connectivity index (χ4v) is 1.83. The number of nitrogens with zero attached hydrogens (tertiary/aromatic N) is 2. The lowest BCUT2D eigenvalue weighted by Gasteiger charge is -2.17. The van der Waals surface area contributed by atoms with Crippen LogP contribution in [0, 0.1) is 5.92 Å². The van der Waals surface area contributed by atoms with E-state index in [1.54, 1.807) is 0 Å². The van der Waals surface area contributed by atoms with Gasteiger partial charge in [0.25, 0.3) is 0 Å². The Balaban J connectivity index is 2.19. The molecular weight excluding hydrogens is 206 g/mol. The summed E-state index contributed by atoms with van der Waals surface area (Å²) in [7, 11) is 0. The van der Waals surface area contributed by atoms with E-state index < -0.39 is 5.60 Å². The van der Waals surface area contributed by atoms with Gasteiger partial charge < -0.3 is 15.0 Å². The zero-order valence-corrected chi connectivity index (χ0v) is 10.1. The van der Waals surface area contributed by atoms with E-state index in [2.05, 4.69) is 10.1 Å². The third-order valence-corrected chi connectivity index (χ3v) is 3.14. The number of nitrogens with two attached hydrogens (primary N) is 1. The highest BCUT2D eigenvalue weighted by Crippen LogP contribution is 2.34. The summed E-state index contributed by atoms with van der Waals surface area (Å²) in [6.07, 6.45) is 1.97. The molecule has 5 heteroatoms. The summed E-state index contributed by atoms with van der Waals surface area (Å²) in [5, 5.41) is 3.98. The molecule has 1 aliphatic rings. The van der Waals surface area contributed by atoms with Gasteiger partial charge in [-0.1, -0.05) is 19.0 Å². The number of rotatable bonds is 3. The van der Waals surface area contributed by atoms with Crippen molar-refractivity contribution in [3.8, 4) is 0 Å². The predicted octanol–water partition coefficient (Wildman–Crippen LogP) is 1.75. The summed E-state index contributed by atoms with van der Waals surface area (Å²) < 4.78 is 10.9. The normalized spacial score (nSPS) is 27.6. The first-order chi connectivity index (χ1) is 7.53. The topological polar surface area (TPSA) is 74.2 Å². The zero-order chi connectivity index (χ0) is 11.8. The first-order valence-electron chi connectivity index (χ1n) is 5.76. The van der Waals surface area contributed by atoms with Crippen molar-refractivity contribution in [2.24, 2.45) is 11.7 Å². The SMILES string of the molecule is CC(C)C(N)c1nc(C2(C)CCCO2)no1. The Morgan fingerprint density at radius 1 is 1.44 bits per heavy atom. The number of hydrogen-bond donors (Lipinski definition) is 1. The van der Waals surface area contributed by atoms with E-state index in [9.17, 15) is 0 Å². The number of ether oxygens (including phenoxy) is 1. The van der Waals surface area contributed by atoms with Crippen LogP contribution in [0.25, 0.3) is 0 Å². The molecule has 2 unspecified atom stereocenters. The van der Waals surface area contributed by atoms with Crippen LogP contribution in [0.4, 0.5) is 0 Å². The Bertz CT molecular complexity index is 356. The molecule has 1 aromatic rings. The Morgan fingerprint density at radius 2 is 2.19 bits per heavy atom. The lowest BCUT2D eigenvalue weighted by Crippen LogP contribution is -2.22. The predicted molar refractivity (Wildman–Crippen MR) is 58.6 cm³/mol. The molecule has 0 aliphatic carbocycles. The largest absolute Gasteiger partial charge is 0.367 e. The summed E-state index contributed by atoms with van der Waals surface area (Å²) in [5.41, 5.74) is 5.57. The van der Waals surface area contributed by atoms with E-state index in [1.807, 2.05) is 20.8 Å². The van der Waals surface area contributed by atoms with Gasteiger partial charge in [0.05, 0.1) is 6.04 Å². The Labute approximate surface area is 95.3 Å². The minimum Gasteiger partial charge on any atom is -0.367 e. The average molecular weight is 225 g/mol. The smallest absolute Gasteiger partial charge is 0.243 e. The molecule has 1 aliphatic heterocycles. The average Bonchev–Trinajstić information content (AvgIpc) is 2.85. The third kappa shape index (κ3) is 1.97. The summed E-state index contributed by atoms with van der Waals surface area (Å²) in [6, 6.07) is -0.203. The summed E-state index contributed by atoms with van der Waals surface area (Å²) in [5.74, 6) is 1.41. The van der Waals surface area contributed by atoms with E-state index in [0.29, 0.717) is 11.7 Å². The van der Waals surface area contributed by atoms with Crippen LogP contribution in [0.2, 0.25) is 0 Å². The van der Waals surface area contributed by atoms with Crippen LogP contribution in [-0.2, 0) is 10.3 Å². The van der Waals surface area contributed by atoms with Gasteiger partial charge in [0, 0.05) is 6.61 Å². The maximum atomic E-state index is 5.96. The van der Waals surface area contributed by atoms with Gasteiger partial charge >= 0.3 is 0 Å². The molecule has 1 aromatic heterocycles. The van der Waals surface area contributed by atoms with Gasteiger partial charge in [-0.05, 0) is 25.7 Å². The summed E-state index contributed by atoms with van der Waals surface area (Å²) in [6.45, 7) is 6.82. The molecule has 1 saturated heterocycles. The second kappa shape index (κ2) is 4.14. The van der Waals surface area contributed by atoms with Gasteiger partial charge in [0.15, 0.2) is 0 Å². The van der Waals surface area contributed by atoms with Gasteiger partial charge in [-0.25, -0.2) is 0 Å². The molecule has 5 nitrogen and oxygen atoms in total. The van der Waals surface area contributed by atoms with Crippen molar-refractivity contribution in [3.63, 3.8) is 0 Å². The molecular formula is C11H19N3O2. The molecule has 0 amide bonds. The highest BCUT2D eigenvalue weighted by molar-refractivity contribution is 5.03. The van der Waals surface area contributed by atoms with E-state index >= 15 is 0 Å². The second-order valence-corrected chi connectivity index (χ2v) is 4.91. The lowest BCUT2D eigenvalue weighted by molar-refractivity contribution is 0.00768. The second-order valence-electron chi connectivity index (χ2n) is 4.91. The fourth-order valence-electron chi connectivity index (χ4n) is 1.83. The standard InChI is InChI=1S/C11H19N3O2/c1-7(2)8(12)9-13-10(14-16-9)11(3)5-4-6-15-11/h7-8H,4-6,12H2,1-3H3. The first-order valence-corrected chi connectivity index (χ1v) is 5.76. The first kappa shape index (κ1) is 11.5. The van der Waals surface area contributed by atoms with Crippen molar-refractivity contribution in [2.75, 3.05) is 6.61 Å². The number of aromatic nitrogens is 2. The van der Waals surface area contributed by atoms with Crippen LogP contribution in [0.15, 0.2) is 4.52 Å². The van der Waals surface area contributed by atoms with Crippen molar-refractivity contribution < 1.29 is 9.26 Å². The van der Waals surface area contributed by atoms with Gasteiger partial charge in [-0.2, -0.15) is 4.98 Å².